The summed E-state index contributed by atoms with van der Waals surface area (Å²) >= 11 is 0. The van der Waals surface area contributed by atoms with Crippen molar-refractivity contribution in [3.8, 4) is 0 Å². The summed E-state index contributed by atoms with van der Waals surface area (Å²) in [5.41, 5.74) is 0.571. The second-order valence-electron chi connectivity index (χ2n) is 2.13. The number of hydrogen-bond acceptors (Lipinski definition) is 1. The highest BCUT2D eigenvalue weighted by Gasteiger charge is 2.16. The highest BCUT2D eigenvalue weighted by atomic mass is 19.1. The Morgan fingerprint density at radius 1 is 1.80 bits per heavy atom. The minimum atomic E-state index is -1.05. The van der Waals surface area contributed by atoms with Gasteiger partial charge in [0.2, 0.25) is 0 Å². The van der Waals surface area contributed by atoms with Crippen molar-refractivity contribution < 1.29 is 9.13 Å². The summed E-state index contributed by atoms with van der Waals surface area (Å²) in [5.74, 6) is 0. The first-order chi connectivity index (χ1) is 4.84. The summed E-state index contributed by atoms with van der Waals surface area (Å²) in [6, 6.07) is 0. The molecule has 1 unspecified atom stereocenters. The van der Waals surface area contributed by atoms with Crippen LogP contribution in [0.1, 0.15) is 6.42 Å². The smallest absolute Gasteiger partial charge is 0.156 e. The van der Waals surface area contributed by atoms with E-state index in [0.717, 1.165) is 0 Å². The molecule has 10 heavy (non-hydrogen) atoms. The molecular formula is C7H8FNO. The van der Waals surface area contributed by atoms with Gasteiger partial charge in [0.15, 0.2) is 6.20 Å². The molecule has 3 heteroatoms. The van der Waals surface area contributed by atoms with Crippen LogP contribution in [0, 0.1) is 6.57 Å². The average molecular weight is 141 g/mol. The van der Waals surface area contributed by atoms with Crippen LogP contribution in [0.4, 0.5) is 4.39 Å². The van der Waals surface area contributed by atoms with E-state index in [2.05, 4.69) is 4.85 Å². The molecule has 0 bridgehead atoms. The molecule has 0 spiro atoms. The van der Waals surface area contributed by atoms with Crippen LogP contribution in [0.3, 0.4) is 0 Å². The largest absolute Gasteiger partial charge is 0.378 e. The van der Waals surface area contributed by atoms with E-state index in [1.165, 1.54) is 6.20 Å². The van der Waals surface area contributed by atoms with Gasteiger partial charge in [-0.3, -0.25) is 0 Å². The Balaban J connectivity index is 2.58. The van der Waals surface area contributed by atoms with Gasteiger partial charge in [0.05, 0.1) is 13.2 Å². The molecule has 1 aliphatic heterocycles. The maximum atomic E-state index is 12.7. The second-order valence-corrected chi connectivity index (χ2v) is 2.13. The number of ether oxygens (including phenoxy) is 1. The van der Waals surface area contributed by atoms with Gasteiger partial charge in [-0.25, -0.2) is 9.24 Å². The van der Waals surface area contributed by atoms with Gasteiger partial charge in [-0.05, 0) is 12.0 Å². The van der Waals surface area contributed by atoms with E-state index in [4.69, 9.17) is 11.3 Å². The molecule has 1 fully saturated rings. The Morgan fingerprint density at radius 2 is 2.60 bits per heavy atom. The summed E-state index contributed by atoms with van der Waals surface area (Å²) in [6.45, 7) is 7.13. The van der Waals surface area contributed by atoms with Crippen LogP contribution in [0.2, 0.25) is 0 Å². The lowest BCUT2D eigenvalue weighted by atomic mass is 10.1. The third-order valence-electron chi connectivity index (χ3n) is 1.43. The molecule has 0 aromatic rings. The lowest BCUT2D eigenvalue weighted by Crippen LogP contribution is -2.20. The topological polar surface area (TPSA) is 13.6 Å². The van der Waals surface area contributed by atoms with E-state index in [-0.39, 0.29) is 6.61 Å². The summed E-state index contributed by atoms with van der Waals surface area (Å²) in [5, 5.41) is 0. The van der Waals surface area contributed by atoms with Gasteiger partial charge in [-0.2, -0.15) is 0 Å². The van der Waals surface area contributed by atoms with Gasteiger partial charge in [-0.1, -0.05) is 0 Å². The fourth-order valence-electron chi connectivity index (χ4n) is 0.869. The summed E-state index contributed by atoms with van der Waals surface area (Å²) in [4.78, 5) is 3.00. The number of alkyl halides is 1. The lowest BCUT2D eigenvalue weighted by molar-refractivity contribution is 0.0672. The van der Waals surface area contributed by atoms with Crippen molar-refractivity contribution in [1.82, 2.24) is 0 Å². The molecule has 0 aromatic heterocycles. The minimum Gasteiger partial charge on any atom is -0.378 e. The van der Waals surface area contributed by atoms with Crippen molar-refractivity contribution in [2.75, 3.05) is 13.2 Å². The van der Waals surface area contributed by atoms with E-state index in [9.17, 15) is 4.39 Å². The van der Waals surface area contributed by atoms with Crippen LogP contribution in [-0.2, 0) is 4.74 Å². The van der Waals surface area contributed by atoms with E-state index >= 15 is 0 Å². The van der Waals surface area contributed by atoms with Gasteiger partial charge >= 0.3 is 0 Å². The Hall–Kier alpha value is -0.880. The Bertz CT molecular complexity index is 183. The Labute approximate surface area is 59.1 Å². The van der Waals surface area contributed by atoms with Crippen LogP contribution in [0.5, 0.6) is 0 Å². The maximum absolute atomic E-state index is 12.7. The quantitative estimate of drug-likeness (QED) is 0.466. The zero-order valence-electron chi connectivity index (χ0n) is 5.51. The van der Waals surface area contributed by atoms with Crippen molar-refractivity contribution in [3.05, 3.63) is 23.2 Å². The molecule has 1 heterocycles. The molecule has 0 radical (unpaired) electrons. The molecule has 1 atom stereocenters. The predicted octanol–water partition coefficient (Wildman–Crippen LogP) is 1.55. The van der Waals surface area contributed by atoms with E-state index in [1.54, 1.807) is 0 Å². The molecule has 2 nitrogen and oxygen atoms in total. The van der Waals surface area contributed by atoms with Crippen molar-refractivity contribution in [1.29, 1.82) is 0 Å². The fraction of sp³-hybridized carbons (Fsp3) is 0.571. The number of hydrogen-bond donors (Lipinski definition) is 0. The van der Waals surface area contributed by atoms with E-state index in [0.29, 0.717) is 18.6 Å². The van der Waals surface area contributed by atoms with E-state index in [1.807, 2.05) is 0 Å². The molecule has 0 N–H and O–H groups in total. The molecule has 0 aromatic carbocycles. The minimum absolute atomic E-state index is 0.112. The van der Waals surface area contributed by atoms with Gasteiger partial charge in [-0.15, -0.1) is 0 Å². The zero-order valence-corrected chi connectivity index (χ0v) is 5.51. The average Bonchev–Trinajstić information content (AvgIpc) is 1.94. The maximum Gasteiger partial charge on any atom is 0.156 e. The third kappa shape index (κ3) is 1.55. The molecule has 1 rings (SSSR count). The highest BCUT2D eigenvalue weighted by molar-refractivity contribution is 5.13. The number of nitrogens with zero attached hydrogens (tertiary/aromatic N) is 1. The van der Waals surface area contributed by atoms with Crippen molar-refractivity contribution in [2.45, 2.75) is 12.6 Å². The zero-order chi connectivity index (χ0) is 7.40. The van der Waals surface area contributed by atoms with Gasteiger partial charge < -0.3 is 4.74 Å². The van der Waals surface area contributed by atoms with Crippen LogP contribution in [-0.4, -0.2) is 19.4 Å². The normalized spacial score (nSPS) is 30.0. The Kier molecular flexibility index (Phi) is 2.41. The summed E-state index contributed by atoms with van der Waals surface area (Å²) in [7, 11) is 0. The van der Waals surface area contributed by atoms with E-state index < -0.39 is 6.17 Å². The van der Waals surface area contributed by atoms with Crippen LogP contribution < -0.4 is 0 Å². The second kappa shape index (κ2) is 3.33. The molecule has 1 aliphatic rings. The van der Waals surface area contributed by atoms with Gasteiger partial charge in [0.25, 0.3) is 0 Å². The first kappa shape index (κ1) is 7.23. The van der Waals surface area contributed by atoms with Crippen LogP contribution in [0.25, 0.3) is 4.85 Å². The standard InChI is InChI=1S/C7H8FNO/c1-9-4-6-2-3-10-5-7(6)8/h4,7H,2-3,5H2/b6-4+. The fourth-order valence-corrected chi connectivity index (χ4v) is 0.869. The molecule has 1 saturated heterocycles. The lowest BCUT2D eigenvalue weighted by Gasteiger charge is -2.18. The van der Waals surface area contributed by atoms with Crippen LogP contribution >= 0.6 is 0 Å². The molecular weight excluding hydrogens is 133 g/mol. The van der Waals surface area contributed by atoms with Crippen molar-refractivity contribution in [3.63, 3.8) is 0 Å². The van der Waals surface area contributed by atoms with Crippen molar-refractivity contribution in [2.24, 2.45) is 0 Å². The van der Waals surface area contributed by atoms with Crippen molar-refractivity contribution >= 4 is 0 Å². The Morgan fingerprint density at radius 3 is 3.20 bits per heavy atom. The molecule has 0 aliphatic carbocycles. The van der Waals surface area contributed by atoms with Crippen LogP contribution in [0.15, 0.2) is 11.8 Å². The molecule has 54 valence electrons. The summed E-state index contributed by atoms with van der Waals surface area (Å²) < 4.78 is 17.5. The first-order valence-corrected chi connectivity index (χ1v) is 3.12. The summed E-state index contributed by atoms with van der Waals surface area (Å²) in [6.07, 6.45) is 0.763. The van der Waals surface area contributed by atoms with Gasteiger partial charge in [0.1, 0.15) is 6.17 Å². The number of halogens is 1. The molecule has 0 amide bonds. The first-order valence-electron chi connectivity index (χ1n) is 3.12. The predicted molar refractivity (Wildman–Crippen MR) is 35.0 cm³/mol. The number of rotatable bonds is 0. The third-order valence-corrected chi connectivity index (χ3v) is 1.43. The highest BCUT2D eigenvalue weighted by Crippen LogP contribution is 2.16. The SMILES string of the molecule is [C-]#[N+]/C=C1\CCOCC1F. The monoisotopic (exact) mass is 141 g/mol. The molecule has 0 saturated carbocycles. The van der Waals surface area contributed by atoms with Gasteiger partial charge in [0, 0.05) is 6.61 Å².